The summed E-state index contributed by atoms with van der Waals surface area (Å²) >= 11 is 0. The number of anilines is 1. The zero-order chi connectivity index (χ0) is 15.2. The van der Waals surface area contributed by atoms with Crippen LogP contribution in [-0.2, 0) is 22.4 Å². The Morgan fingerprint density at radius 1 is 1.38 bits per heavy atom. The molecule has 21 heavy (non-hydrogen) atoms. The third-order valence-electron chi connectivity index (χ3n) is 2.80. The molecule has 2 aromatic heterocycles. The van der Waals surface area contributed by atoms with Crippen molar-refractivity contribution < 1.29 is 14.7 Å². The molecule has 1 amide bonds. The van der Waals surface area contributed by atoms with Gasteiger partial charge in [-0.3, -0.25) is 9.78 Å². The van der Waals surface area contributed by atoms with Gasteiger partial charge in [0, 0.05) is 24.0 Å². The lowest BCUT2D eigenvalue weighted by atomic mass is 10.1. The minimum atomic E-state index is -1.11. The van der Waals surface area contributed by atoms with Crippen LogP contribution >= 0.6 is 0 Å². The lowest BCUT2D eigenvalue weighted by Crippen LogP contribution is -2.43. The molecule has 0 aliphatic rings. The zero-order valence-electron chi connectivity index (χ0n) is 11.1. The van der Waals surface area contributed by atoms with Gasteiger partial charge < -0.3 is 21.1 Å². The number of nitrogens with zero attached hydrogens (tertiary/aromatic N) is 2. The van der Waals surface area contributed by atoms with Crippen molar-refractivity contribution in [2.45, 2.75) is 18.9 Å². The Morgan fingerprint density at radius 3 is 2.76 bits per heavy atom. The van der Waals surface area contributed by atoms with Gasteiger partial charge >= 0.3 is 5.97 Å². The van der Waals surface area contributed by atoms with Crippen molar-refractivity contribution in [1.82, 2.24) is 20.3 Å². The van der Waals surface area contributed by atoms with Crippen LogP contribution in [0.15, 0.2) is 30.9 Å². The number of carboxylic acids is 1. The van der Waals surface area contributed by atoms with E-state index in [2.05, 4.69) is 20.3 Å². The van der Waals surface area contributed by atoms with Gasteiger partial charge in [0.05, 0.1) is 24.6 Å². The third-order valence-corrected chi connectivity index (χ3v) is 2.80. The van der Waals surface area contributed by atoms with Crippen molar-refractivity contribution in [2.24, 2.45) is 0 Å². The van der Waals surface area contributed by atoms with Crippen molar-refractivity contribution in [2.75, 3.05) is 5.73 Å². The Labute approximate surface area is 120 Å². The predicted molar refractivity (Wildman–Crippen MR) is 74.2 cm³/mol. The van der Waals surface area contributed by atoms with E-state index in [9.17, 15) is 9.59 Å². The number of carboxylic acid groups (broad SMARTS) is 1. The van der Waals surface area contributed by atoms with E-state index in [0.717, 1.165) is 0 Å². The Balaban J connectivity index is 1.95. The van der Waals surface area contributed by atoms with E-state index in [1.165, 1.54) is 18.7 Å². The standard InChI is InChI=1S/C13H15N5O3/c14-8-1-2-9(16-5-8)4-12(19)18-11(13(20)21)3-10-6-15-7-17-10/h1-2,5-7,11H,3-4,14H2,(H,15,17)(H,18,19)(H,20,21)/t11-/m0/s1. The monoisotopic (exact) mass is 289 g/mol. The summed E-state index contributed by atoms with van der Waals surface area (Å²) in [7, 11) is 0. The van der Waals surface area contributed by atoms with Gasteiger partial charge in [-0.2, -0.15) is 0 Å². The van der Waals surface area contributed by atoms with Crippen LogP contribution in [0, 0.1) is 0 Å². The van der Waals surface area contributed by atoms with Gasteiger partial charge in [-0.1, -0.05) is 0 Å². The third kappa shape index (κ3) is 4.30. The number of imidazole rings is 1. The van der Waals surface area contributed by atoms with E-state index in [-0.39, 0.29) is 12.8 Å². The average Bonchev–Trinajstić information content (AvgIpc) is 2.93. The molecule has 0 spiro atoms. The maximum Gasteiger partial charge on any atom is 0.326 e. The van der Waals surface area contributed by atoms with E-state index < -0.39 is 17.9 Å². The van der Waals surface area contributed by atoms with Gasteiger partial charge in [0.15, 0.2) is 0 Å². The Bertz CT molecular complexity index is 609. The minimum Gasteiger partial charge on any atom is -0.480 e. The second-order valence-electron chi connectivity index (χ2n) is 4.50. The molecule has 0 aliphatic carbocycles. The largest absolute Gasteiger partial charge is 0.480 e. The molecule has 2 rings (SSSR count). The number of aromatic amines is 1. The van der Waals surface area contributed by atoms with Crippen LogP contribution in [-0.4, -0.2) is 38.0 Å². The molecule has 2 heterocycles. The molecule has 0 saturated heterocycles. The van der Waals surface area contributed by atoms with Gasteiger partial charge in [0.1, 0.15) is 6.04 Å². The van der Waals surface area contributed by atoms with Crippen molar-refractivity contribution in [1.29, 1.82) is 0 Å². The van der Waals surface area contributed by atoms with Gasteiger partial charge in [-0.25, -0.2) is 9.78 Å². The number of pyridine rings is 1. The Morgan fingerprint density at radius 2 is 2.19 bits per heavy atom. The van der Waals surface area contributed by atoms with E-state index >= 15 is 0 Å². The van der Waals surface area contributed by atoms with Crippen LogP contribution < -0.4 is 11.1 Å². The minimum absolute atomic E-state index is 0.00691. The molecule has 8 nitrogen and oxygen atoms in total. The first-order valence-electron chi connectivity index (χ1n) is 6.24. The molecule has 5 N–H and O–H groups in total. The highest BCUT2D eigenvalue weighted by atomic mass is 16.4. The number of rotatable bonds is 6. The maximum absolute atomic E-state index is 11.9. The van der Waals surface area contributed by atoms with Crippen LogP contribution in [0.2, 0.25) is 0 Å². The fourth-order valence-electron chi connectivity index (χ4n) is 1.77. The van der Waals surface area contributed by atoms with Crippen molar-refractivity contribution >= 4 is 17.6 Å². The van der Waals surface area contributed by atoms with Crippen LogP contribution in [0.4, 0.5) is 5.69 Å². The summed E-state index contributed by atoms with van der Waals surface area (Å²) in [6, 6.07) is 2.24. The second-order valence-corrected chi connectivity index (χ2v) is 4.50. The number of nitrogens with one attached hydrogen (secondary N) is 2. The first kappa shape index (κ1) is 14.5. The second kappa shape index (κ2) is 6.51. The molecule has 0 aliphatic heterocycles. The molecule has 1 atom stereocenters. The number of hydrogen-bond acceptors (Lipinski definition) is 5. The molecular weight excluding hydrogens is 274 g/mol. The van der Waals surface area contributed by atoms with Gasteiger partial charge in [-0.05, 0) is 12.1 Å². The molecule has 110 valence electrons. The number of nitrogen functional groups attached to an aromatic ring is 1. The number of nitrogens with two attached hydrogens (primary N) is 1. The van der Waals surface area contributed by atoms with Gasteiger partial charge in [0.25, 0.3) is 0 Å². The van der Waals surface area contributed by atoms with Crippen molar-refractivity contribution in [3.8, 4) is 0 Å². The lowest BCUT2D eigenvalue weighted by Gasteiger charge is -2.13. The summed E-state index contributed by atoms with van der Waals surface area (Å²) in [6.07, 6.45) is 4.54. The molecule has 0 aromatic carbocycles. The van der Waals surface area contributed by atoms with Crippen LogP contribution in [0.5, 0.6) is 0 Å². The Hall–Kier alpha value is -2.90. The predicted octanol–water partition coefficient (Wildman–Crippen LogP) is -0.259. The summed E-state index contributed by atoms with van der Waals surface area (Å²) in [4.78, 5) is 33.6. The molecule has 0 bridgehead atoms. The van der Waals surface area contributed by atoms with Crippen molar-refractivity contribution in [3.05, 3.63) is 42.2 Å². The summed E-state index contributed by atoms with van der Waals surface area (Å²) < 4.78 is 0. The highest BCUT2D eigenvalue weighted by Gasteiger charge is 2.21. The quantitative estimate of drug-likeness (QED) is 0.579. The first-order chi connectivity index (χ1) is 10.0. The zero-order valence-corrected chi connectivity index (χ0v) is 11.1. The summed E-state index contributed by atoms with van der Waals surface area (Å²) in [5, 5.41) is 11.6. The fraction of sp³-hybridized carbons (Fsp3) is 0.231. The summed E-state index contributed by atoms with van der Waals surface area (Å²) in [5.41, 5.74) is 7.16. The number of H-pyrrole nitrogens is 1. The molecule has 2 aromatic rings. The van der Waals surface area contributed by atoms with E-state index in [4.69, 9.17) is 10.8 Å². The topological polar surface area (TPSA) is 134 Å². The molecule has 0 unspecified atom stereocenters. The highest BCUT2D eigenvalue weighted by Crippen LogP contribution is 2.03. The van der Waals surface area contributed by atoms with Crippen LogP contribution in [0.1, 0.15) is 11.4 Å². The number of carbonyl (C=O) groups excluding carboxylic acids is 1. The van der Waals surface area contributed by atoms with Gasteiger partial charge in [-0.15, -0.1) is 0 Å². The van der Waals surface area contributed by atoms with E-state index in [1.807, 2.05) is 0 Å². The van der Waals surface area contributed by atoms with Crippen molar-refractivity contribution in [3.63, 3.8) is 0 Å². The van der Waals surface area contributed by atoms with E-state index in [0.29, 0.717) is 17.1 Å². The highest BCUT2D eigenvalue weighted by molar-refractivity contribution is 5.84. The van der Waals surface area contributed by atoms with Crippen LogP contribution in [0.3, 0.4) is 0 Å². The normalized spacial score (nSPS) is 11.8. The number of carbonyl (C=O) groups is 2. The SMILES string of the molecule is Nc1ccc(CC(=O)N[C@@H](Cc2cnc[nH]2)C(=O)O)nc1. The first-order valence-corrected chi connectivity index (χ1v) is 6.24. The Kier molecular flexibility index (Phi) is 4.50. The number of aromatic nitrogens is 3. The number of aliphatic carboxylic acids is 1. The number of amides is 1. The fourth-order valence-corrected chi connectivity index (χ4v) is 1.77. The van der Waals surface area contributed by atoms with Gasteiger partial charge in [0.2, 0.25) is 5.91 Å². The van der Waals surface area contributed by atoms with Crippen LogP contribution in [0.25, 0.3) is 0 Å². The number of hydrogen-bond donors (Lipinski definition) is 4. The summed E-state index contributed by atoms with van der Waals surface area (Å²) in [5.74, 6) is -1.53. The maximum atomic E-state index is 11.9. The molecule has 0 saturated carbocycles. The molecule has 8 heteroatoms. The smallest absolute Gasteiger partial charge is 0.326 e. The lowest BCUT2D eigenvalue weighted by molar-refractivity contribution is -0.141. The molecular formula is C13H15N5O3. The molecule has 0 fully saturated rings. The molecule has 0 radical (unpaired) electrons. The summed E-state index contributed by atoms with van der Waals surface area (Å²) in [6.45, 7) is 0. The van der Waals surface area contributed by atoms with E-state index in [1.54, 1.807) is 12.1 Å². The average molecular weight is 289 g/mol.